The number of carbonyl (C=O) groups is 6. The van der Waals surface area contributed by atoms with Crippen LogP contribution in [0.3, 0.4) is 0 Å². The summed E-state index contributed by atoms with van der Waals surface area (Å²) in [6.07, 6.45) is 0.633. The number of aromatic carboxylic acids is 2. The summed E-state index contributed by atoms with van der Waals surface area (Å²) in [7, 11) is -1.75. The predicted molar refractivity (Wildman–Crippen MR) is 134 cm³/mol. The van der Waals surface area contributed by atoms with Gasteiger partial charge in [0.2, 0.25) is 5.91 Å². The highest BCUT2D eigenvalue weighted by Gasteiger charge is 2.41. The van der Waals surface area contributed by atoms with Crippen LogP contribution in [0.1, 0.15) is 44.9 Å². The van der Waals surface area contributed by atoms with Crippen molar-refractivity contribution in [1.29, 1.82) is 0 Å². The number of benzene rings is 1. The Labute approximate surface area is 231 Å². The monoisotopic (exact) mass is 571 g/mol. The molecule has 1 fully saturated rings. The third-order valence-electron chi connectivity index (χ3n) is 6.53. The van der Waals surface area contributed by atoms with E-state index in [0.717, 1.165) is 6.20 Å². The fraction of sp³-hybridized carbons (Fsp3) is 0.292. The van der Waals surface area contributed by atoms with E-state index < -0.39 is 71.9 Å². The number of urea groups is 1. The zero-order valence-electron chi connectivity index (χ0n) is 21.4. The second-order valence-corrected chi connectivity index (χ2v) is 9.05. The van der Waals surface area contributed by atoms with Gasteiger partial charge in [-0.05, 0) is 31.0 Å². The maximum Gasteiger partial charge on any atom is 0.547 e. The van der Waals surface area contributed by atoms with Crippen molar-refractivity contribution in [3.8, 4) is 5.75 Å². The molecule has 1 aromatic heterocycles. The molecule has 1 aromatic carbocycles. The van der Waals surface area contributed by atoms with Crippen LogP contribution in [0.15, 0.2) is 30.5 Å². The minimum absolute atomic E-state index is 0.0224. The lowest BCUT2D eigenvalue weighted by Crippen LogP contribution is -2.60. The minimum atomic E-state index is -1.96. The van der Waals surface area contributed by atoms with Crippen LogP contribution >= 0.6 is 0 Å². The Kier molecular flexibility index (Phi) is 8.18. The molecule has 0 saturated carbocycles. The van der Waals surface area contributed by atoms with Crippen LogP contribution in [-0.2, 0) is 20.8 Å². The maximum atomic E-state index is 15.0. The molecule has 4 rings (SSSR count). The largest absolute Gasteiger partial charge is 0.547 e. The van der Waals surface area contributed by atoms with Gasteiger partial charge < -0.3 is 35.4 Å². The number of pyridine rings is 1. The first-order chi connectivity index (χ1) is 19.4. The number of rotatable bonds is 7. The molecular weight excluding hydrogens is 548 g/mol. The highest BCUT2D eigenvalue weighted by Crippen LogP contribution is 2.30. The van der Waals surface area contributed by atoms with Gasteiger partial charge in [0.25, 0.3) is 0 Å². The molecule has 0 bridgehead atoms. The molecule has 2 aromatic rings. The fourth-order valence-corrected chi connectivity index (χ4v) is 4.39. The number of likely N-dealkylation sites (N-methyl/N-ethyl adjacent to an activating group) is 1. The van der Waals surface area contributed by atoms with Crippen LogP contribution < -0.4 is 15.3 Å². The van der Waals surface area contributed by atoms with Gasteiger partial charge in [-0.2, -0.15) is 0 Å². The Morgan fingerprint density at radius 2 is 1.90 bits per heavy atom. The number of carboxylic acid groups (broad SMARTS) is 2. The van der Waals surface area contributed by atoms with Crippen LogP contribution in [-0.4, -0.2) is 98.4 Å². The van der Waals surface area contributed by atoms with E-state index in [1.807, 2.05) is 0 Å². The lowest BCUT2D eigenvalue weighted by Gasteiger charge is -2.33. The van der Waals surface area contributed by atoms with Crippen LogP contribution in [0.5, 0.6) is 5.75 Å². The van der Waals surface area contributed by atoms with E-state index in [-0.39, 0.29) is 37.4 Å². The Hall–Kier alpha value is -5.06. The third-order valence-corrected chi connectivity index (χ3v) is 6.53. The summed E-state index contributed by atoms with van der Waals surface area (Å²) in [6, 6.07) is 1.60. The van der Waals surface area contributed by atoms with Gasteiger partial charge in [-0.1, -0.05) is 12.1 Å². The number of amides is 5. The van der Waals surface area contributed by atoms with Gasteiger partial charge in [-0.25, -0.2) is 18.8 Å². The zero-order valence-corrected chi connectivity index (χ0v) is 21.4. The Morgan fingerprint density at radius 1 is 1.17 bits per heavy atom. The number of carbonyl (C=O) groups excluding carboxylic acids is 4. The number of piperazine rings is 1. The molecular formula is C24H23BFN5O10. The summed E-state index contributed by atoms with van der Waals surface area (Å²) >= 11 is 0. The van der Waals surface area contributed by atoms with Crippen molar-refractivity contribution in [2.24, 2.45) is 0 Å². The van der Waals surface area contributed by atoms with Crippen LogP contribution in [0, 0.1) is 5.82 Å². The first kappa shape index (κ1) is 28.9. The Bertz CT molecular complexity index is 1460. The van der Waals surface area contributed by atoms with Crippen molar-refractivity contribution in [2.45, 2.75) is 25.3 Å². The predicted octanol–water partition coefficient (Wildman–Crippen LogP) is -0.802. The van der Waals surface area contributed by atoms with Crippen molar-refractivity contribution >= 4 is 42.8 Å². The van der Waals surface area contributed by atoms with E-state index in [1.54, 1.807) is 6.92 Å². The standard InChI is InChI=1S/C24H23BFN5O10/c1-2-30-6-7-31(21(34)20(30)33)24(39)29-17(16-14(26)8-12(10-27-16)22(35)36)19(32)28-15-9-11-4-3-5-13(23(37)38)18(11)41-25(15)40/h3-5,8,10,15,17,40H,2,6-7,9H2,1H3,(H,28,32)(H,29,39)(H,35,36)(H,37,38)/t15-,17?/m0/s1. The lowest BCUT2D eigenvalue weighted by molar-refractivity contribution is -0.153. The number of carboxylic acids is 2. The number of imide groups is 1. The first-order valence-electron chi connectivity index (χ1n) is 12.2. The number of hydrogen-bond donors (Lipinski definition) is 5. The van der Waals surface area contributed by atoms with Gasteiger partial charge in [0, 0.05) is 25.8 Å². The molecule has 2 atom stereocenters. The first-order valence-corrected chi connectivity index (χ1v) is 12.2. The summed E-state index contributed by atoms with van der Waals surface area (Å²) in [5, 5.41) is 33.5. The summed E-state index contributed by atoms with van der Waals surface area (Å²) in [4.78, 5) is 79.3. The SMILES string of the molecule is CCN1CCN(C(=O)NC(C(=O)N[C@H]2Cc3cccc(C(=O)O)c3OB2O)c2ncc(C(=O)O)cc2F)C(=O)C1=O. The average Bonchev–Trinajstić information content (AvgIpc) is 2.93. The van der Waals surface area contributed by atoms with Crippen molar-refractivity contribution in [3.05, 3.63) is 58.7 Å². The fourth-order valence-electron chi connectivity index (χ4n) is 4.39. The van der Waals surface area contributed by atoms with Crippen LogP contribution in [0.25, 0.3) is 0 Å². The van der Waals surface area contributed by atoms with E-state index in [1.165, 1.54) is 23.1 Å². The summed E-state index contributed by atoms with van der Waals surface area (Å²) in [5.41, 5.74) is -1.15. The van der Waals surface area contributed by atoms with Crippen LogP contribution in [0.4, 0.5) is 9.18 Å². The Morgan fingerprint density at radius 3 is 2.54 bits per heavy atom. The second kappa shape index (κ2) is 11.6. The zero-order chi connectivity index (χ0) is 30.0. The molecule has 0 aliphatic carbocycles. The number of fused-ring (bicyclic) bond motifs is 1. The van der Waals surface area contributed by atoms with E-state index in [4.69, 9.17) is 9.76 Å². The van der Waals surface area contributed by atoms with Crippen molar-refractivity contribution in [1.82, 2.24) is 25.4 Å². The second-order valence-electron chi connectivity index (χ2n) is 9.05. The highest BCUT2D eigenvalue weighted by molar-refractivity contribution is 6.47. The normalized spacial score (nSPS) is 17.3. The molecule has 0 spiro atoms. The molecule has 214 valence electrons. The van der Waals surface area contributed by atoms with E-state index in [2.05, 4.69) is 15.6 Å². The van der Waals surface area contributed by atoms with Crippen molar-refractivity contribution in [3.63, 3.8) is 0 Å². The molecule has 5 N–H and O–H groups in total. The van der Waals surface area contributed by atoms with E-state index in [9.17, 15) is 43.3 Å². The van der Waals surface area contributed by atoms with E-state index in [0.29, 0.717) is 16.5 Å². The summed E-state index contributed by atoms with van der Waals surface area (Å²) < 4.78 is 20.3. The van der Waals surface area contributed by atoms with Crippen molar-refractivity contribution in [2.75, 3.05) is 19.6 Å². The average molecular weight is 571 g/mol. The quantitative estimate of drug-likeness (QED) is 0.205. The number of nitrogens with zero attached hydrogens (tertiary/aromatic N) is 3. The number of aromatic nitrogens is 1. The molecule has 2 aliphatic heterocycles. The molecule has 17 heteroatoms. The van der Waals surface area contributed by atoms with Gasteiger partial charge in [0.1, 0.15) is 17.3 Å². The molecule has 5 amide bonds. The summed E-state index contributed by atoms with van der Waals surface area (Å²) in [5.74, 6) is -8.67. The van der Waals surface area contributed by atoms with Gasteiger partial charge >= 0.3 is 36.9 Å². The topological polar surface area (TPSA) is 216 Å². The molecule has 2 aliphatic rings. The van der Waals surface area contributed by atoms with Gasteiger partial charge in [-0.15, -0.1) is 0 Å². The number of nitrogens with one attached hydrogen (secondary N) is 2. The molecule has 0 radical (unpaired) electrons. The Balaban J connectivity index is 1.61. The molecule has 15 nitrogen and oxygen atoms in total. The third kappa shape index (κ3) is 5.79. The van der Waals surface area contributed by atoms with E-state index >= 15 is 0 Å². The molecule has 3 heterocycles. The summed E-state index contributed by atoms with van der Waals surface area (Å²) in [6.45, 7) is 1.67. The smallest absolute Gasteiger partial charge is 0.534 e. The molecule has 41 heavy (non-hydrogen) atoms. The molecule has 1 saturated heterocycles. The number of para-hydroxylation sites is 1. The van der Waals surface area contributed by atoms with Crippen molar-refractivity contribution < 1.29 is 53.0 Å². The van der Waals surface area contributed by atoms with Crippen LogP contribution in [0.2, 0.25) is 0 Å². The van der Waals surface area contributed by atoms with Gasteiger partial charge in [0.05, 0.1) is 17.1 Å². The molecule has 1 unspecified atom stereocenters. The van der Waals surface area contributed by atoms with Gasteiger partial charge in [0.15, 0.2) is 6.04 Å². The van der Waals surface area contributed by atoms with Gasteiger partial charge in [-0.3, -0.25) is 24.3 Å². The highest BCUT2D eigenvalue weighted by atomic mass is 19.1. The maximum absolute atomic E-state index is 15.0. The lowest BCUT2D eigenvalue weighted by atomic mass is 9.72. The number of halogens is 1. The number of hydrogen-bond acceptors (Lipinski definition) is 9. The minimum Gasteiger partial charge on any atom is -0.534 e.